The van der Waals surface area contributed by atoms with E-state index in [0.717, 1.165) is 43.0 Å². The molecule has 1 fully saturated rings. The second-order valence-corrected chi connectivity index (χ2v) is 6.61. The van der Waals surface area contributed by atoms with Gasteiger partial charge < -0.3 is 14.4 Å². The van der Waals surface area contributed by atoms with Crippen LogP contribution < -0.4 is 10.4 Å². The topological polar surface area (TPSA) is 36.7 Å². The summed E-state index contributed by atoms with van der Waals surface area (Å²) in [6.07, 6.45) is 4.25. The molecular weight excluding hydrogens is 305 g/mol. The number of hydrogen-bond acceptors (Lipinski definition) is 4. The van der Waals surface area contributed by atoms with Crippen molar-refractivity contribution < 1.29 is 4.39 Å². The molecule has 2 heterocycles. The molecule has 4 rings (SSSR count). The van der Waals surface area contributed by atoms with Crippen LogP contribution >= 0.6 is 0 Å². The Morgan fingerprint density at radius 2 is 1.88 bits per heavy atom. The number of nitrogens with zero attached hydrogens (tertiary/aromatic N) is 5. The summed E-state index contributed by atoms with van der Waals surface area (Å²) in [6.45, 7) is 5.59. The Hall–Kier alpha value is -2.21. The molecule has 126 valence electrons. The lowest BCUT2D eigenvalue weighted by Gasteiger charge is -2.33. The number of hydrogen-bond donors (Lipinski definition) is 0. The maximum absolute atomic E-state index is 14.1. The van der Waals surface area contributed by atoms with Crippen LogP contribution in [0.25, 0.3) is 11.0 Å². The van der Waals surface area contributed by atoms with Crippen molar-refractivity contribution in [3.8, 4) is 0 Å². The minimum absolute atomic E-state index is 0.212. The van der Waals surface area contributed by atoms with Gasteiger partial charge in [-0.3, -0.25) is 4.99 Å². The summed E-state index contributed by atoms with van der Waals surface area (Å²) in [5.41, 5.74) is 3.12. The van der Waals surface area contributed by atoms with Crippen molar-refractivity contribution in [3.63, 3.8) is 0 Å². The first kappa shape index (κ1) is 15.3. The number of rotatable bonds is 2. The molecule has 0 spiro atoms. The van der Waals surface area contributed by atoms with Crippen LogP contribution in [-0.2, 0) is 0 Å². The normalized spacial score (nSPS) is 19.5. The third kappa shape index (κ3) is 2.51. The lowest BCUT2D eigenvalue weighted by Crippen LogP contribution is -2.47. The van der Waals surface area contributed by atoms with Gasteiger partial charge in [-0.2, -0.15) is 0 Å². The molecule has 0 N–H and O–H groups in total. The molecule has 2 aromatic rings. The van der Waals surface area contributed by atoms with Crippen LogP contribution in [0, 0.1) is 12.7 Å². The molecule has 0 atom stereocenters. The number of likely N-dealkylation sites (N-methyl/N-ethyl adjacent to an activating group) is 1. The minimum atomic E-state index is -0.212. The summed E-state index contributed by atoms with van der Waals surface area (Å²) < 4.78 is 16.3. The first-order chi connectivity index (χ1) is 11.6. The van der Waals surface area contributed by atoms with Crippen LogP contribution in [0.4, 0.5) is 10.2 Å². The molecule has 1 aliphatic carbocycles. The first-order valence-electron chi connectivity index (χ1n) is 8.35. The van der Waals surface area contributed by atoms with E-state index in [2.05, 4.69) is 38.6 Å². The number of aryl methyl sites for hydroxylation is 1. The first-order valence-corrected chi connectivity index (χ1v) is 8.35. The molecule has 0 radical (unpaired) electrons. The minimum Gasteiger partial charge on any atom is -0.351 e. The Kier molecular flexibility index (Phi) is 3.64. The number of anilines is 1. The van der Waals surface area contributed by atoms with Crippen molar-refractivity contribution in [3.05, 3.63) is 41.2 Å². The predicted molar refractivity (Wildman–Crippen MR) is 93.8 cm³/mol. The summed E-state index contributed by atoms with van der Waals surface area (Å²) >= 11 is 0. The number of allylic oxidation sites excluding steroid dienone is 2. The highest BCUT2D eigenvalue weighted by molar-refractivity contribution is 5.78. The van der Waals surface area contributed by atoms with E-state index >= 15 is 0 Å². The predicted octanol–water partition coefficient (Wildman–Crippen LogP) is 1.88. The number of benzene rings is 1. The second kappa shape index (κ2) is 5.70. The van der Waals surface area contributed by atoms with Crippen LogP contribution in [-0.4, -0.2) is 54.7 Å². The maximum Gasteiger partial charge on any atom is 0.172 e. The Labute approximate surface area is 140 Å². The molecule has 0 unspecified atom stereocenters. The Morgan fingerprint density at radius 1 is 1.17 bits per heavy atom. The van der Waals surface area contributed by atoms with Crippen LogP contribution in [0.15, 0.2) is 29.3 Å². The molecule has 6 heteroatoms. The van der Waals surface area contributed by atoms with Crippen molar-refractivity contribution >= 4 is 16.9 Å². The smallest absolute Gasteiger partial charge is 0.172 e. The molecule has 1 saturated heterocycles. The van der Waals surface area contributed by atoms with Gasteiger partial charge in [-0.15, -0.1) is 0 Å². The Morgan fingerprint density at radius 3 is 2.50 bits per heavy atom. The van der Waals surface area contributed by atoms with Crippen LogP contribution in [0.1, 0.15) is 11.6 Å². The fourth-order valence-corrected chi connectivity index (χ4v) is 3.29. The monoisotopic (exact) mass is 327 g/mol. The molecule has 1 aromatic carbocycles. The third-order valence-corrected chi connectivity index (χ3v) is 4.85. The quantitative estimate of drug-likeness (QED) is 0.790. The fraction of sp³-hybridized carbons (Fsp3) is 0.444. The van der Waals surface area contributed by atoms with Crippen molar-refractivity contribution in [1.82, 2.24) is 14.5 Å². The highest BCUT2D eigenvalue weighted by atomic mass is 19.1. The molecule has 2 aliphatic rings. The van der Waals surface area contributed by atoms with E-state index < -0.39 is 0 Å². The van der Waals surface area contributed by atoms with Gasteiger partial charge in [0, 0.05) is 39.3 Å². The van der Waals surface area contributed by atoms with Gasteiger partial charge in [0.2, 0.25) is 0 Å². The molecule has 1 aliphatic heterocycles. The van der Waals surface area contributed by atoms with Crippen LogP contribution in [0.5, 0.6) is 0 Å². The van der Waals surface area contributed by atoms with E-state index in [0.29, 0.717) is 11.1 Å². The molecular formula is C18H22FN5. The Balaban J connectivity index is 1.95. The highest BCUT2D eigenvalue weighted by Crippen LogP contribution is 2.28. The van der Waals surface area contributed by atoms with E-state index in [1.165, 1.54) is 0 Å². The molecule has 24 heavy (non-hydrogen) atoms. The lowest BCUT2D eigenvalue weighted by atomic mass is 10.2. The average molecular weight is 327 g/mol. The largest absolute Gasteiger partial charge is 0.351 e. The zero-order valence-electron chi connectivity index (χ0n) is 14.3. The van der Waals surface area contributed by atoms with E-state index in [4.69, 9.17) is 4.98 Å². The Bertz CT molecular complexity index is 884. The van der Waals surface area contributed by atoms with E-state index in [1.807, 2.05) is 6.07 Å². The third-order valence-electron chi connectivity index (χ3n) is 4.85. The van der Waals surface area contributed by atoms with Gasteiger partial charge in [0.05, 0.1) is 17.1 Å². The molecule has 0 bridgehead atoms. The van der Waals surface area contributed by atoms with Gasteiger partial charge in [-0.25, -0.2) is 9.37 Å². The summed E-state index contributed by atoms with van der Waals surface area (Å²) in [6, 6.07) is 3.63. The SMILES string of the molecule is CN=c1c(N2CCN(C)CC2)nc2cc(F)c(C)cc2n1C1C=C1. The summed E-state index contributed by atoms with van der Waals surface area (Å²) in [7, 11) is 3.93. The van der Waals surface area contributed by atoms with Crippen molar-refractivity contribution in [1.29, 1.82) is 0 Å². The van der Waals surface area contributed by atoms with Gasteiger partial charge in [0.25, 0.3) is 0 Å². The molecule has 0 amide bonds. The van der Waals surface area contributed by atoms with E-state index in [-0.39, 0.29) is 11.9 Å². The summed E-state index contributed by atoms with van der Waals surface area (Å²) in [5.74, 6) is 0.644. The molecule has 5 nitrogen and oxygen atoms in total. The van der Waals surface area contributed by atoms with Crippen LogP contribution in [0.3, 0.4) is 0 Å². The highest BCUT2D eigenvalue weighted by Gasteiger charge is 2.24. The zero-order valence-corrected chi connectivity index (χ0v) is 14.3. The standard InChI is InChI=1S/C18H22FN5/c1-12-10-16-15(11-14(12)19)21-18(23-8-6-22(3)7-9-23)17(20-2)24(16)13-4-5-13/h4-5,10-11,13H,6-9H2,1-3H3. The van der Waals surface area contributed by atoms with Gasteiger partial charge in [0.1, 0.15) is 5.82 Å². The molecule has 1 aromatic heterocycles. The van der Waals surface area contributed by atoms with Crippen LogP contribution in [0.2, 0.25) is 0 Å². The number of halogens is 1. The van der Waals surface area contributed by atoms with Gasteiger partial charge in [-0.05, 0) is 25.6 Å². The summed E-state index contributed by atoms with van der Waals surface area (Å²) in [4.78, 5) is 13.9. The van der Waals surface area contributed by atoms with Crippen molar-refractivity contribution in [2.45, 2.75) is 13.0 Å². The second-order valence-electron chi connectivity index (χ2n) is 6.61. The van der Waals surface area contributed by atoms with Gasteiger partial charge in [0.15, 0.2) is 11.3 Å². The van der Waals surface area contributed by atoms with Gasteiger partial charge >= 0.3 is 0 Å². The van der Waals surface area contributed by atoms with Crippen molar-refractivity contribution in [2.75, 3.05) is 45.2 Å². The number of piperazine rings is 1. The fourth-order valence-electron chi connectivity index (χ4n) is 3.29. The zero-order chi connectivity index (χ0) is 16.8. The van der Waals surface area contributed by atoms with Gasteiger partial charge in [-0.1, -0.05) is 12.2 Å². The number of aromatic nitrogens is 2. The maximum atomic E-state index is 14.1. The van der Waals surface area contributed by atoms with E-state index in [1.54, 1.807) is 20.0 Å². The molecule has 0 saturated carbocycles. The lowest BCUT2D eigenvalue weighted by molar-refractivity contribution is 0.311. The van der Waals surface area contributed by atoms with E-state index in [9.17, 15) is 4.39 Å². The number of fused-ring (bicyclic) bond motifs is 1. The van der Waals surface area contributed by atoms with Crippen molar-refractivity contribution in [2.24, 2.45) is 4.99 Å². The summed E-state index contributed by atoms with van der Waals surface area (Å²) in [5, 5.41) is 0. The average Bonchev–Trinajstić information content (AvgIpc) is 3.40.